The van der Waals surface area contributed by atoms with Crippen LogP contribution in [0.4, 0.5) is 62.8 Å². The van der Waals surface area contributed by atoms with Gasteiger partial charge in [-0.2, -0.15) is 57.1 Å². The molecule has 1 aromatic rings. The average Bonchev–Trinajstić information content (AvgIpc) is 2.67. The third-order valence-corrected chi connectivity index (χ3v) is 5.18. The minimum absolute atomic E-state index is 0.421. The van der Waals surface area contributed by atoms with Gasteiger partial charge in [-0.1, -0.05) is 12.1 Å². The van der Waals surface area contributed by atoms with Gasteiger partial charge in [0.15, 0.2) is 0 Å². The Balaban J connectivity index is 3.38. The van der Waals surface area contributed by atoms with E-state index in [-0.39, 0.29) is 0 Å². The molecule has 0 aromatic heterocycles. The minimum atomic E-state index is -7.97. The zero-order valence-corrected chi connectivity index (χ0v) is 17.7. The van der Waals surface area contributed by atoms with E-state index in [0.717, 1.165) is 12.1 Å². The van der Waals surface area contributed by atoms with Crippen LogP contribution in [0.25, 0.3) is 0 Å². The number of anilines is 1. The van der Waals surface area contributed by atoms with Crippen LogP contribution < -0.4 is 4.90 Å². The molecule has 0 aliphatic carbocycles. The van der Waals surface area contributed by atoms with Crippen molar-refractivity contribution in [2.24, 2.45) is 0 Å². The lowest BCUT2D eigenvalue weighted by atomic mass is 9.84. The van der Waals surface area contributed by atoms with E-state index in [1.165, 1.54) is 12.1 Å². The second kappa shape index (κ2) is 8.94. The number of nitrogens with zero attached hydrogens (tertiary/aromatic N) is 1. The van der Waals surface area contributed by atoms with Crippen molar-refractivity contribution < 1.29 is 62.2 Å². The molecule has 0 heterocycles. The fourth-order valence-electron chi connectivity index (χ4n) is 3.07. The Bertz CT molecular complexity index is 828. The highest BCUT2D eigenvalue weighted by molar-refractivity contribution is 5.48. The maximum atomic E-state index is 14.2. The number of aliphatic hydroxyl groups is 1. The van der Waals surface area contributed by atoms with Crippen LogP contribution in [0.3, 0.4) is 0 Å². The molecule has 0 saturated carbocycles. The summed E-state index contributed by atoms with van der Waals surface area (Å²) in [6.07, 6.45) is -10.2. The van der Waals surface area contributed by atoms with Crippen molar-refractivity contribution in [3.8, 4) is 0 Å². The van der Waals surface area contributed by atoms with E-state index in [1.807, 2.05) is 0 Å². The largest absolute Gasteiger partial charge is 0.460 e. The van der Waals surface area contributed by atoms with Crippen LogP contribution >= 0.6 is 0 Å². The highest BCUT2D eigenvalue weighted by Gasteiger charge is 2.90. The van der Waals surface area contributed by atoms with E-state index in [9.17, 15) is 62.2 Å². The molecule has 1 N–H and O–H groups in total. The van der Waals surface area contributed by atoms with Crippen molar-refractivity contribution in [1.82, 2.24) is 0 Å². The van der Waals surface area contributed by atoms with Gasteiger partial charge in [0.2, 0.25) is 0 Å². The number of benzene rings is 1. The van der Waals surface area contributed by atoms with Crippen LogP contribution in [0.1, 0.15) is 32.8 Å². The predicted molar refractivity (Wildman–Crippen MR) is 95.0 cm³/mol. The molecule has 34 heavy (non-hydrogen) atoms. The first-order valence-corrected chi connectivity index (χ1v) is 9.48. The van der Waals surface area contributed by atoms with E-state index in [0.29, 0.717) is 25.7 Å². The number of hydrogen-bond donors (Lipinski definition) is 1. The van der Waals surface area contributed by atoms with Crippen LogP contribution in [0.5, 0.6) is 0 Å². The number of hydrogen-bond acceptors (Lipinski definition) is 2. The molecule has 0 spiro atoms. The summed E-state index contributed by atoms with van der Waals surface area (Å²) in [4.78, 5) is 1.73. The van der Waals surface area contributed by atoms with Crippen molar-refractivity contribution >= 4 is 5.69 Å². The van der Waals surface area contributed by atoms with Gasteiger partial charge in [0.1, 0.15) is 0 Å². The van der Waals surface area contributed by atoms with Crippen molar-refractivity contribution in [2.45, 2.75) is 68.6 Å². The molecule has 1 atom stereocenters. The fraction of sp³-hybridized carbons (Fsp3) is 0.684. The summed E-state index contributed by atoms with van der Waals surface area (Å²) in [5, 5.41) is 10.2. The summed E-state index contributed by atoms with van der Waals surface area (Å²) in [6, 6.07) is 4.35. The van der Waals surface area contributed by atoms with Gasteiger partial charge in [-0.15, -0.1) is 0 Å². The Labute approximate surface area is 185 Å². The van der Waals surface area contributed by atoms with Gasteiger partial charge in [-0.3, -0.25) is 0 Å². The molecule has 0 saturated heterocycles. The van der Waals surface area contributed by atoms with E-state index >= 15 is 0 Å². The molecule has 1 rings (SSSR count). The number of alkyl halides is 13. The summed E-state index contributed by atoms with van der Waals surface area (Å²) in [5.41, 5.74) is -3.22. The monoisotopic (exact) mass is 525 g/mol. The Morgan fingerprint density at radius 1 is 0.647 bits per heavy atom. The van der Waals surface area contributed by atoms with E-state index < -0.39 is 53.4 Å². The summed E-state index contributed by atoms with van der Waals surface area (Å²) in [7, 11) is 0. The summed E-state index contributed by atoms with van der Waals surface area (Å²) in [6.45, 7) is 4.86. The Morgan fingerprint density at radius 2 is 1.03 bits per heavy atom. The highest BCUT2D eigenvalue weighted by atomic mass is 19.4. The van der Waals surface area contributed by atoms with E-state index in [4.69, 9.17) is 0 Å². The van der Waals surface area contributed by atoms with Crippen LogP contribution in [-0.4, -0.2) is 54.0 Å². The summed E-state index contributed by atoms with van der Waals surface area (Å²) in [5.74, 6) is -37.5. The number of rotatable bonds is 10. The van der Waals surface area contributed by atoms with Gasteiger partial charge in [-0.05, 0) is 38.5 Å². The quantitative estimate of drug-likeness (QED) is 0.337. The third-order valence-electron chi connectivity index (χ3n) is 5.18. The van der Waals surface area contributed by atoms with Crippen LogP contribution in [-0.2, 0) is 5.60 Å². The smallest absolute Gasteiger partial charge is 0.385 e. The standard InChI is InChI=1S/C19H20F13NO/c1-4-33(5-2)12-8-6-11(7-9-12)13(3,34)10-14(20,21)15(22,23)16(24,25)17(26,27)18(28,29)19(30,31)32/h6-9,34H,4-5,10H2,1-3H3. The Hall–Kier alpha value is -1.93. The lowest BCUT2D eigenvalue weighted by molar-refractivity contribution is -0.441. The molecule has 0 radical (unpaired) electrons. The maximum absolute atomic E-state index is 14.2. The molecule has 0 fully saturated rings. The first kappa shape index (κ1) is 30.1. The molecule has 2 nitrogen and oxygen atoms in total. The Morgan fingerprint density at radius 3 is 1.38 bits per heavy atom. The molecule has 0 amide bonds. The molecule has 15 heteroatoms. The first-order valence-electron chi connectivity index (χ1n) is 9.48. The molecule has 0 aliphatic rings. The average molecular weight is 525 g/mol. The highest BCUT2D eigenvalue weighted by Crippen LogP contribution is 2.61. The predicted octanol–water partition coefficient (Wildman–Crippen LogP) is 6.87. The topological polar surface area (TPSA) is 23.5 Å². The molecule has 1 unspecified atom stereocenters. The van der Waals surface area contributed by atoms with Gasteiger partial charge >= 0.3 is 35.8 Å². The lowest BCUT2D eigenvalue weighted by Crippen LogP contribution is -2.70. The molecular weight excluding hydrogens is 505 g/mol. The lowest BCUT2D eigenvalue weighted by Gasteiger charge is -2.41. The van der Waals surface area contributed by atoms with Gasteiger partial charge in [0.25, 0.3) is 0 Å². The SMILES string of the molecule is CCN(CC)c1ccc(C(C)(O)CC(F)(F)C(F)(F)C(F)(F)C(F)(F)C(F)(F)C(F)(F)F)cc1. The summed E-state index contributed by atoms with van der Waals surface area (Å²) < 4.78 is 172. The second-order valence-electron chi connectivity index (χ2n) is 7.67. The van der Waals surface area contributed by atoms with Crippen LogP contribution in [0, 0.1) is 0 Å². The van der Waals surface area contributed by atoms with Crippen molar-refractivity contribution in [3.05, 3.63) is 29.8 Å². The van der Waals surface area contributed by atoms with Gasteiger partial charge < -0.3 is 10.0 Å². The Kier molecular flexibility index (Phi) is 7.91. The maximum Gasteiger partial charge on any atom is 0.460 e. The fourth-order valence-corrected chi connectivity index (χ4v) is 3.07. The van der Waals surface area contributed by atoms with Crippen molar-refractivity contribution in [1.29, 1.82) is 0 Å². The van der Waals surface area contributed by atoms with Crippen LogP contribution in [0.15, 0.2) is 24.3 Å². The molecular formula is C19H20F13NO. The van der Waals surface area contributed by atoms with Gasteiger partial charge in [0, 0.05) is 18.8 Å². The summed E-state index contributed by atoms with van der Waals surface area (Å²) >= 11 is 0. The zero-order chi connectivity index (χ0) is 27.2. The second-order valence-corrected chi connectivity index (χ2v) is 7.67. The van der Waals surface area contributed by atoms with Crippen LogP contribution in [0.2, 0.25) is 0 Å². The molecule has 0 bridgehead atoms. The van der Waals surface area contributed by atoms with Gasteiger partial charge in [-0.25, -0.2) is 0 Å². The van der Waals surface area contributed by atoms with Crippen molar-refractivity contribution in [3.63, 3.8) is 0 Å². The normalized spacial score (nSPS) is 16.4. The molecule has 198 valence electrons. The molecule has 1 aromatic carbocycles. The number of halogens is 13. The molecule has 0 aliphatic heterocycles. The zero-order valence-electron chi connectivity index (χ0n) is 17.7. The minimum Gasteiger partial charge on any atom is -0.385 e. The van der Waals surface area contributed by atoms with E-state index in [2.05, 4.69) is 0 Å². The van der Waals surface area contributed by atoms with Crippen molar-refractivity contribution in [2.75, 3.05) is 18.0 Å². The van der Waals surface area contributed by atoms with E-state index in [1.54, 1.807) is 18.7 Å². The van der Waals surface area contributed by atoms with Gasteiger partial charge in [0.05, 0.1) is 12.0 Å². The third kappa shape index (κ3) is 4.76. The first-order chi connectivity index (χ1) is 14.9.